The van der Waals surface area contributed by atoms with Crippen LogP contribution in [0, 0.1) is 11.8 Å². The summed E-state index contributed by atoms with van der Waals surface area (Å²) in [4.78, 5) is 3.08. The van der Waals surface area contributed by atoms with Gasteiger partial charge in [0.15, 0.2) is 0 Å². The van der Waals surface area contributed by atoms with E-state index in [0.29, 0.717) is 0 Å². The second-order valence-corrected chi connectivity index (χ2v) is 4.77. The van der Waals surface area contributed by atoms with E-state index in [1.54, 1.807) is 14.2 Å². The topological polar surface area (TPSA) is 25.0 Å². The van der Waals surface area contributed by atoms with Crippen molar-refractivity contribution in [1.29, 1.82) is 0 Å². The average molecular weight is 305 g/mol. The van der Waals surface area contributed by atoms with Crippen LogP contribution in [0.5, 0.6) is 0 Å². The number of rotatable bonds is 2. The van der Waals surface area contributed by atoms with Crippen LogP contribution >= 0.6 is 0 Å². The maximum Gasteiger partial charge on any atom is 0.0393 e. The van der Waals surface area contributed by atoms with Crippen molar-refractivity contribution in [3.8, 4) is 11.8 Å². The van der Waals surface area contributed by atoms with E-state index in [-0.39, 0.29) is 0 Å². The van der Waals surface area contributed by atoms with Crippen LogP contribution in [0.25, 0.3) is 18.2 Å². The minimum absolute atomic E-state index is 0.882. The molecule has 2 heteroatoms. The molecule has 2 rings (SSSR count). The van der Waals surface area contributed by atoms with Crippen LogP contribution in [0.2, 0.25) is 0 Å². The summed E-state index contributed by atoms with van der Waals surface area (Å²) in [5.74, 6) is 6.41. The van der Waals surface area contributed by atoms with Crippen molar-refractivity contribution in [3.63, 3.8) is 0 Å². The molecule has 0 unspecified atom stereocenters. The molecular formula is C21H23NO. The number of allylic oxidation sites excluding steroid dienone is 2. The average Bonchev–Trinajstić information content (AvgIpc) is 2.98. The zero-order chi connectivity index (χ0) is 17.1. The number of methoxy groups -OCH3 is 1. The summed E-state index contributed by atoms with van der Waals surface area (Å²) in [6.07, 6.45) is 7.68. The molecule has 0 saturated carbocycles. The largest absolute Gasteiger partial charge is 0.388 e. The molecule has 0 bridgehead atoms. The normalized spacial score (nSPS) is 11.1. The maximum atomic E-state index is 4.25. The third-order valence-electron chi connectivity index (χ3n) is 2.92. The van der Waals surface area contributed by atoms with Gasteiger partial charge >= 0.3 is 0 Å². The third-order valence-corrected chi connectivity index (χ3v) is 2.92. The predicted molar refractivity (Wildman–Crippen MR) is 100 cm³/mol. The van der Waals surface area contributed by atoms with Gasteiger partial charge in [-0.15, -0.1) is 0 Å². The number of nitrogens with one attached hydrogen (secondary N) is 1. The molecule has 1 aromatic heterocycles. The Bertz CT molecular complexity index is 828. The van der Waals surface area contributed by atoms with Gasteiger partial charge in [0.1, 0.15) is 0 Å². The Balaban J connectivity index is 0.000000816. The molecule has 0 atom stereocenters. The zero-order valence-corrected chi connectivity index (χ0v) is 14.0. The molecule has 0 aliphatic carbocycles. The van der Waals surface area contributed by atoms with Gasteiger partial charge in [0.25, 0.3) is 0 Å². The highest BCUT2D eigenvalue weighted by molar-refractivity contribution is 5.73. The lowest BCUT2D eigenvalue weighted by Gasteiger charge is -1.94. The first kappa shape index (κ1) is 18.3. The lowest BCUT2D eigenvalue weighted by Crippen LogP contribution is -2.22. The van der Waals surface area contributed by atoms with Crippen molar-refractivity contribution < 1.29 is 4.74 Å². The molecule has 1 N–H and O–H groups in total. The molecule has 23 heavy (non-hydrogen) atoms. The smallest absolute Gasteiger partial charge is 0.0393 e. The van der Waals surface area contributed by atoms with Crippen LogP contribution in [-0.2, 0) is 4.74 Å². The first-order chi connectivity index (χ1) is 11.2. The van der Waals surface area contributed by atoms with E-state index in [1.165, 1.54) is 0 Å². The fraction of sp³-hybridized carbons (Fsp3) is 0.143. The third kappa shape index (κ3) is 5.86. The Morgan fingerprint density at radius 3 is 2.57 bits per heavy atom. The number of benzene rings is 1. The standard InChI is InChI=1S/C19H17N.C2H6O/c1-4-7-18(19-12-13-20-15(19)3)11-10-17-9-6-8-16(5-2)14-17;1-3-2/h4-9,12-14,20H,2-3H2,1H3;1-2H3/b7-4-,19-18+;. The summed E-state index contributed by atoms with van der Waals surface area (Å²) >= 11 is 0. The molecular weight excluding hydrogens is 282 g/mol. The lowest BCUT2D eigenvalue weighted by molar-refractivity contribution is 0.277. The van der Waals surface area contributed by atoms with E-state index in [2.05, 4.69) is 34.7 Å². The Kier molecular flexibility index (Phi) is 7.99. The van der Waals surface area contributed by atoms with Crippen molar-refractivity contribution in [2.75, 3.05) is 14.2 Å². The summed E-state index contributed by atoms with van der Waals surface area (Å²) in [5.41, 5.74) is 3.01. The monoisotopic (exact) mass is 305 g/mol. The van der Waals surface area contributed by atoms with Crippen LogP contribution < -0.4 is 10.6 Å². The number of aromatic amines is 1. The highest BCUT2D eigenvalue weighted by atomic mass is 16.4. The van der Waals surface area contributed by atoms with Crippen LogP contribution in [0.1, 0.15) is 18.1 Å². The molecule has 0 amide bonds. The zero-order valence-electron chi connectivity index (χ0n) is 14.0. The van der Waals surface area contributed by atoms with Gasteiger partial charge in [-0.2, -0.15) is 0 Å². The van der Waals surface area contributed by atoms with Gasteiger partial charge in [-0.25, -0.2) is 0 Å². The first-order valence-corrected chi connectivity index (χ1v) is 7.30. The van der Waals surface area contributed by atoms with Crippen molar-refractivity contribution in [2.45, 2.75) is 6.92 Å². The van der Waals surface area contributed by atoms with Crippen LogP contribution in [0.4, 0.5) is 0 Å². The van der Waals surface area contributed by atoms with Gasteiger partial charge in [0, 0.05) is 42.1 Å². The van der Waals surface area contributed by atoms with Gasteiger partial charge in [-0.1, -0.05) is 55.4 Å². The molecule has 0 aliphatic heterocycles. The van der Waals surface area contributed by atoms with E-state index in [0.717, 1.165) is 27.3 Å². The predicted octanol–water partition coefficient (Wildman–Crippen LogP) is 3.11. The van der Waals surface area contributed by atoms with E-state index in [1.807, 2.05) is 61.7 Å². The number of aromatic nitrogens is 1. The number of H-pyrrole nitrogens is 1. The quantitative estimate of drug-likeness (QED) is 0.847. The van der Waals surface area contributed by atoms with E-state index in [4.69, 9.17) is 0 Å². The molecule has 0 spiro atoms. The summed E-state index contributed by atoms with van der Waals surface area (Å²) in [6, 6.07) is 10.0. The molecule has 1 aromatic carbocycles. The van der Waals surface area contributed by atoms with Crippen molar-refractivity contribution in [3.05, 3.63) is 77.0 Å². The van der Waals surface area contributed by atoms with E-state index < -0.39 is 0 Å². The molecule has 0 saturated heterocycles. The van der Waals surface area contributed by atoms with Crippen molar-refractivity contribution in [2.24, 2.45) is 0 Å². The maximum absolute atomic E-state index is 4.25. The van der Waals surface area contributed by atoms with Crippen LogP contribution in [-0.4, -0.2) is 19.2 Å². The SMILES string of the molecule is C=Cc1cccc(C#CC(/C=C\C)=c2\cc[nH]c2=C)c1.COC. The van der Waals surface area contributed by atoms with E-state index in [9.17, 15) is 0 Å². The van der Waals surface area contributed by atoms with Gasteiger partial charge in [-0.3, -0.25) is 0 Å². The second kappa shape index (κ2) is 10.0. The van der Waals surface area contributed by atoms with E-state index >= 15 is 0 Å². The highest BCUT2D eigenvalue weighted by Gasteiger charge is 1.93. The molecule has 2 aromatic rings. The minimum atomic E-state index is 0.882. The summed E-state index contributed by atoms with van der Waals surface area (Å²) in [6.45, 7) is 9.73. The van der Waals surface area contributed by atoms with Gasteiger partial charge in [-0.05, 0) is 30.7 Å². The summed E-state index contributed by atoms with van der Waals surface area (Å²) in [7, 11) is 3.25. The molecule has 2 nitrogen and oxygen atoms in total. The number of hydrogen-bond acceptors (Lipinski definition) is 1. The van der Waals surface area contributed by atoms with Crippen molar-refractivity contribution >= 4 is 18.2 Å². The highest BCUT2D eigenvalue weighted by Crippen LogP contribution is 2.05. The van der Waals surface area contributed by atoms with Gasteiger partial charge in [0.05, 0.1) is 0 Å². The second-order valence-electron chi connectivity index (χ2n) is 4.77. The van der Waals surface area contributed by atoms with Gasteiger partial charge in [0.2, 0.25) is 0 Å². The number of hydrogen-bond donors (Lipinski definition) is 1. The minimum Gasteiger partial charge on any atom is -0.388 e. The molecule has 0 radical (unpaired) electrons. The van der Waals surface area contributed by atoms with Crippen molar-refractivity contribution in [1.82, 2.24) is 4.98 Å². The molecule has 0 fully saturated rings. The molecule has 1 heterocycles. The first-order valence-electron chi connectivity index (χ1n) is 7.30. The Morgan fingerprint density at radius 1 is 1.26 bits per heavy atom. The Labute approximate surface area is 138 Å². The van der Waals surface area contributed by atoms with Crippen LogP contribution in [0.15, 0.2) is 55.3 Å². The lowest BCUT2D eigenvalue weighted by atomic mass is 10.1. The Hall–Kier alpha value is -2.76. The van der Waals surface area contributed by atoms with Gasteiger partial charge < -0.3 is 9.72 Å². The fourth-order valence-electron chi connectivity index (χ4n) is 1.90. The molecule has 0 aliphatic rings. The fourth-order valence-corrected chi connectivity index (χ4v) is 1.90. The summed E-state index contributed by atoms with van der Waals surface area (Å²) in [5, 5.41) is 1.92. The molecule has 118 valence electrons. The summed E-state index contributed by atoms with van der Waals surface area (Å²) < 4.78 is 4.25. The van der Waals surface area contributed by atoms with Crippen LogP contribution in [0.3, 0.4) is 0 Å². The number of ether oxygens (including phenoxy) is 1. The Morgan fingerprint density at radius 2 is 2.00 bits per heavy atom.